The predicted octanol–water partition coefficient (Wildman–Crippen LogP) is 3.71. The summed E-state index contributed by atoms with van der Waals surface area (Å²) in [6, 6.07) is 20.4. The van der Waals surface area contributed by atoms with Crippen LogP contribution in [0.2, 0.25) is 5.04 Å². The molecule has 140 valence electrons. The number of hydrogen-bond acceptors (Lipinski definition) is 2. The lowest BCUT2D eigenvalue weighted by molar-refractivity contribution is 0.0290. The molecular weight excluding hydrogens is 336 g/mol. The van der Waals surface area contributed by atoms with Gasteiger partial charge in [-0.2, -0.15) is 0 Å². The fourth-order valence-corrected chi connectivity index (χ4v) is 8.90. The first-order valence-electron chi connectivity index (χ1n) is 9.90. The summed E-state index contributed by atoms with van der Waals surface area (Å²) in [5.41, 5.74) is 0. The van der Waals surface area contributed by atoms with Gasteiger partial charge in [0.15, 0.2) is 0 Å². The lowest BCUT2D eigenvalue weighted by Crippen LogP contribution is -2.67. The van der Waals surface area contributed by atoms with Crippen LogP contribution in [-0.4, -0.2) is 24.3 Å². The Hall–Kier alpha value is -1.42. The molecule has 0 spiro atoms. The molecule has 2 aromatic rings. The van der Waals surface area contributed by atoms with E-state index in [0.717, 1.165) is 29.6 Å². The van der Waals surface area contributed by atoms with Gasteiger partial charge in [0.1, 0.15) is 0 Å². The van der Waals surface area contributed by atoms with E-state index in [2.05, 4.69) is 45.0 Å². The standard InChI is InChI=1S/C23H32O2Si/c1-18(21-16-10-11-17-22(21)24)23(2,3)26(25,19-12-6-4-7-13-19)20-14-8-5-9-15-20/h4-9,12-15,18,21-22,24-25H,10-11,16-17H2,1-3H3/t18?,21-,22-/m1/s1. The Labute approximate surface area is 159 Å². The van der Waals surface area contributed by atoms with Gasteiger partial charge < -0.3 is 9.90 Å². The molecular formula is C23H32O2Si. The molecule has 0 amide bonds. The summed E-state index contributed by atoms with van der Waals surface area (Å²) in [6.45, 7) is 6.67. The maximum absolute atomic E-state index is 12.3. The van der Waals surface area contributed by atoms with E-state index in [4.69, 9.17) is 0 Å². The van der Waals surface area contributed by atoms with E-state index in [1.165, 1.54) is 6.42 Å². The highest BCUT2D eigenvalue weighted by Gasteiger charge is 2.54. The van der Waals surface area contributed by atoms with Crippen molar-refractivity contribution in [3.8, 4) is 0 Å². The van der Waals surface area contributed by atoms with Gasteiger partial charge in [0.05, 0.1) is 6.10 Å². The van der Waals surface area contributed by atoms with Crippen LogP contribution >= 0.6 is 0 Å². The molecule has 1 aliphatic carbocycles. The molecule has 3 heteroatoms. The van der Waals surface area contributed by atoms with Crippen molar-refractivity contribution in [1.82, 2.24) is 0 Å². The van der Waals surface area contributed by atoms with E-state index in [-0.39, 0.29) is 23.0 Å². The summed E-state index contributed by atoms with van der Waals surface area (Å²) in [7, 11) is -3.02. The zero-order valence-corrected chi connectivity index (χ0v) is 17.2. The van der Waals surface area contributed by atoms with Crippen molar-refractivity contribution in [1.29, 1.82) is 0 Å². The Kier molecular flexibility index (Phi) is 5.71. The van der Waals surface area contributed by atoms with Gasteiger partial charge in [-0.15, -0.1) is 0 Å². The van der Waals surface area contributed by atoms with E-state index in [1.54, 1.807) is 0 Å². The van der Waals surface area contributed by atoms with Gasteiger partial charge in [-0.1, -0.05) is 94.3 Å². The van der Waals surface area contributed by atoms with Crippen molar-refractivity contribution in [3.63, 3.8) is 0 Å². The Bertz CT molecular complexity index is 659. The first-order valence-corrected chi connectivity index (χ1v) is 11.8. The average molecular weight is 369 g/mol. The summed E-state index contributed by atoms with van der Waals surface area (Å²) >= 11 is 0. The zero-order chi connectivity index (χ0) is 18.8. The molecule has 1 saturated carbocycles. The fourth-order valence-electron chi connectivity index (χ4n) is 4.86. The molecule has 0 saturated heterocycles. The molecule has 1 fully saturated rings. The number of benzene rings is 2. The van der Waals surface area contributed by atoms with Crippen LogP contribution in [-0.2, 0) is 0 Å². The van der Waals surface area contributed by atoms with Gasteiger partial charge in [0.2, 0.25) is 0 Å². The van der Waals surface area contributed by atoms with Crippen molar-refractivity contribution in [3.05, 3.63) is 60.7 Å². The van der Waals surface area contributed by atoms with Crippen molar-refractivity contribution in [2.75, 3.05) is 0 Å². The van der Waals surface area contributed by atoms with Crippen LogP contribution in [0.5, 0.6) is 0 Å². The third-order valence-corrected chi connectivity index (χ3v) is 11.5. The summed E-state index contributed by atoms with van der Waals surface area (Å²) in [6.07, 6.45) is 3.99. The van der Waals surface area contributed by atoms with Gasteiger partial charge in [0.25, 0.3) is 8.32 Å². The van der Waals surface area contributed by atoms with Gasteiger partial charge >= 0.3 is 0 Å². The summed E-state index contributed by atoms with van der Waals surface area (Å²) in [5.74, 6) is 0.486. The van der Waals surface area contributed by atoms with E-state index in [0.29, 0.717) is 0 Å². The smallest absolute Gasteiger partial charge is 0.258 e. The third kappa shape index (κ3) is 3.28. The molecule has 3 atom stereocenters. The summed E-state index contributed by atoms with van der Waals surface area (Å²) in [5, 5.41) is 12.4. The monoisotopic (exact) mass is 368 g/mol. The fraction of sp³-hybridized carbons (Fsp3) is 0.478. The van der Waals surface area contributed by atoms with Gasteiger partial charge in [0, 0.05) is 0 Å². The van der Waals surface area contributed by atoms with Crippen LogP contribution in [0.15, 0.2) is 60.7 Å². The number of rotatable bonds is 5. The van der Waals surface area contributed by atoms with Gasteiger partial charge in [-0.05, 0) is 40.1 Å². The molecule has 0 aliphatic heterocycles. The molecule has 2 N–H and O–H groups in total. The first kappa shape index (κ1) is 19.3. The molecule has 2 nitrogen and oxygen atoms in total. The van der Waals surface area contributed by atoms with E-state index < -0.39 is 8.32 Å². The van der Waals surface area contributed by atoms with Crippen LogP contribution in [0, 0.1) is 11.8 Å². The van der Waals surface area contributed by atoms with Gasteiger partial charge in [-0.3, -0.25) is 0 Å². The minimum absolute atomic E-state index is 0.231. The van der Waals surface area contributed by atoms with Crippen LogP contribution in [0.25, 0.3) is 0 Å². The molecule has 1 unspecified atom stereocenters. The topological polar surface area (TPSA) is 40.5 Å². The highest BCUT2D eigenvalue weighted by Crippen LogP contribution is 2.49. The Balaban J connectivity index is 2.08. The van der Waals surface area contributed by atoms with E-state index >= 15 is 0 Å². The Morgan fingerprint density at radius 1 is 0.885 bits per heavy atom. The van der Waals surface area contributed by atoms with E-state index in [9.17, 15) is 9.90 Å². The van der Waals surface area contributed by atoms with Crippen molar-refractivity contribution in [2.45, 2.75) is 57.6 Å². The minimum atomic E-state index is -3.02. The van der Waals surface area contributed by atoms with Crippen molar-refractivity contribution < 1.29 is 9.90 Å². The molecule has 26 heavy (non-hydrogen) atoms. The molecule has 0 bridgehead atoms. The molecule has 0 heterocycles. The van der Waals surface area contributed by atoms with Crippen LogP contribution in [0.1, 0.15) is 46.5 Å². The maximum Gasteiger partial charge on any atom is 0.258 e. The van der Waals surface area contributed by atoms with Crippen LogP contribution in [0.4, 0.5) is 0 Å². The minimum Gasteiger partial charge on any atom is -0.424 e. The quantitative estimate of drug-likeness (QED) is 0.790. The van der Waals surface area contributed by atoms with E-state index in [1.807, 2.05) is 36.4 Å². The summed E-state index contributed by atoms with van der Waals surface area (Å²) < 4.78 is 0. The SMILES string of the molecule is CC([C@H]1CCCC[C@H]1O)C(C)(C)[Si](O)(c1ccccc1)c1ccccc1. The normalized spacial score (nSPS) is 22.8. The second-order valence-corrected chi connectivity index (χ2v) is 12.3. The third-order valence-electron chi connectivity index (χ3n) is 6.88. The predicted molar refractivity (Wildman–Crippen MR) is 111 cm³/mol. The Morgan fingerprint density at radius 2 is 1.35 bits per heavy atom. The Morgan fingerprint density at radius 3 is 1.81 bits per heavy atom. The maximum atomic E-state index is 12.3. The average Bonchev–Trinajstić information content (AvgIpc) is 2.68. The first-order chi connectivity index (χ1) is 12.4. The zero-order valence-electron chi connectivity index (χ0n) is 16.2. The van der Waals surface area contributed by atoms with Crippen molar-refractivity contribution >= 4 is 18.7 Å². The molecule has 0 radical (unpaired) electrons. The summed E-state index contributed by atoms with van der Waals surface area (Å²) in [4.78, 5) is 12.3. The lowest BCUT2D eigenvalue weighted by atomic mass is 9.74. The van der Waals surface area contributed by atoms with Crippen LogP contribution < -0.4 is 10.4 Å². The second-order valence-electron chi connectivity index (χ2n) is 8.47. The lowest BCUT2D eigenvalue weighted by Gasteiger charge is -2.49. The molecule has 3 rings (SSSR count). The molecule has 0 aromatic heterocycles. The number of aliphatic hydroxyl groups is 1. The number of aliphatic hydroxyl groups excluding tert-OH is 1. The molecule has 1 aliphatic rings. The second kappa shape index (κ2) is 7.67. The van der Waals surface area contributed by atoms with Crippen molar-refractivity contribution in [2.24, 2.45) is 11.8 Å². The highest BCUT2D eigenvalue weighted by molar-refractivity contribution is 6.98. The highest BCUT2D eigenvalue weighted by atomic mass is 28.4. The van der Waals surface area contributed by atoms with Gasteiger partial charge in [-0.25, -0.2) is 0 Å². The molecule has 2 aromatic carbocycles. The largest absolute Gasteiger partial charge is 0.424 e. The number of hydrogen-bond donors (Lipinski definition) is 2. The van der Waals surface area contributed by atoms with Crippen LogP contribution in [0.3, 0.4) is 0 Å².